The second-order valence-electron chi connectivity index (χ2n) is 3.40. The van der Waals surface area contributed by atoms with E-state index in [0.717, 1.165) is 16.6 Å². The molecule has 2 aromatic rings. The fourth-order valence-electron chi connectivity index (χ4n) is 1.69. The van der Waals surface area contributed by atoms with Crippen LogP contribution in [0.1, 0.15) is 5.69 Å². The topological polar surface area (TPSA) is 67.4 Å². The molecule has 0 bridgehead atoms. The lowest BCUT2D eigenvalue weighted by Crippen LogP contribution is -1.92. The average molecular weight is 222 g/mol. The van der Waals surface area contributed by atoms with Crippen LogP contribution >= 0.6 is 0 Å². The largest absolute Gasteiger partial charge is 0.493 e. The minimum Gasteiger partial charge on any atom is -0.493 e. The highest BCUT2D eigenvalue weighted by atomic mass is 16.5. The molecule has 1 heterocycles. The fraction of sp³-hybridized carbons (Fsp3) is 0.364. The first-order valence-electron chi connectivity index (χ1n) is 5.00. The van der Waals surface area contributed by atoms with Crippen LogP contribution in [0, 0.1) is 0 Å². The van der Waals surface area contributed by atoms with Crippen molar-refractivity contribution >= 4 is 10.9 Å². The second kappa shape index (κ2) is 4.40. The number of methoxy groups -OCH3 is 2. The van der Waals surface area contributed by atoms with Crippen molar-refractivity contribution in [3.63, 3.8) is 0 Å². The lowest BCUT2D eigenvalue weighted by atomic mass is 10.1. The summed E-state index contributed by atoms with van der Waals surface area (Å²) in [6.07, 6.45) is 0.548. The van der Waals surface area contributed by atoms with E-state index in [9.17, 15) is 0 Å². The number of aromatic nitrogens is 2. The summed E-state index contributed by atoms with van der Waals surface area (Å²) in [5.74, 6) is 1.31. The van der Waals surface area contributed by atoms with Gasteiger partial charge in [-0.05, 0) is 6.07 Å². The molecule has 0 aliphatic carbocycles. The maximum atomic E-state index is 8.92. The molecule has 0 spiro atoms. The molecule has 5 nitrogen and oxygen atoms in total. The minimum atomic E-state index is 0.0889. The summed E-state index contributed by atoms with van der Waals surface area (Å²) in [5, 5.41) is 16.9. The molecule has 2 rings (SSSR count). The van der Waals surface area contributed by atoms with Gasteiger partial charge in [-0.3, -0.25) is 5.10 Å². The van der Waals surface area contributed by atoms with Crippen LogP contribution in [0.4, 0.5) is 0 Å². The van der Waals surface area contributed by atoms with Crippen LogP contribution in [0.25, 0.3) is 10.9 Å². The number of fused-ring (bicyclic) bond motifs is 1. The van der Waals surface area contributed by atoms with Gasteiger partial charge in [0.05, 0.1) is 19.7 Å². The third-order valence-electron chi connectivity index (χ3n) is 2.50. The zero-order chi connectivity index (χ0) is 11.5. The molecule has 16 heavy (non-hydrogen) atoms. The van der Waals surface area contributed by atoms with Crippen molar-refractivity contribution in [2.45, 2.75) is 6.42 Å². The first-order valence-corrected chi connectivity index (χ1v) is 5.00. The molecule has 1 aromatic carbocycles. The van der Waals surface area contributed by atoms with Gasteiger partial charge in [0.25, 0.3) is 0 Å². The zero-order valence-corrected chi connectivity index (χ0v) is 9.28. The van der Waals surface area contributed by atoms with E-state index in [0.29, 0.717) is 17.9 Å². The van der Waals surface area contributed by atoms with Gasteiger partial charge in [-0.25, -0.2) is 0 Å². The SMILES string of the molecule is COc1cc2n[nH]c(CCO)c2cc1OC. The standard InChI is InChI=1S/C11H14N2O3/c1-15-10-5-7-8(3-4-14)12-13-9(7)6-11(10)16-2/h5-6,14H,3-4H2,1-2H3,(H,12,13). The van der Waals surface area contributed by atoms with Crippen molar-refractivity contribution < 1.29 is 14.6 Å². The highest BCUT2D eigenvalue weighted by Gasteiger charge is 2.11. The zero-order valence-electron chi connectivity index (χ0n) is 9.28. The number of aliphatic hydroxyl groups is 1. The molecule has 0 aliphatic rings. The molecule has 5 heteroatoms. The molecule has 0 amide bonds. The predicted molar refractivity (Wildman–Crippen MR) is 60.0 cm³/mol. The monoisotopic (exact) mass is 222 g/mol. The predicted octanol–water partition coefficient (Wildman–Crippen LogP) is 1.11. The smallest absolute Gasteiger partial charge is 0.162 e. The van der Waals surface area contributed by atoms with Crippen molar-refractivity contribution in [2.24, 2.45) is 0 Å². The minimum absolute atomic E-state index is 0.0889. The molecule has 2 N–H and O–H groups in total. The van der Waals surface area contributed by atoms with Crippen molar-refractivity contribution in [1.29, 1.82) is 0 Å². The summed E-state index contributed by atoms with van der Waals surface area (Å²) in [6.45, 7) is 0.0889. The summed E-state index contributed by atoms with van der Waals surface area (Å²) < 4.78 is 10.4. The van der Waals surface area contributed by atoms with Gasteiger partial charge in [0.15, 0.2) is 11.5 Å². The van der Waals surface area contributed by atoms with Crippen molar-refractivity contribution in [1.82, 2.24) is 10.2 Å². The van der Waals surface area contributed by atoms with E-state index in [-0.39, 0.29) is 6.61 Å². The van der Waals surface area contributed by atoms with Gasteiger partial charge in [0, 0.05) is 30.2 Å². The Morgan fingerprint density at radius 2 is 1.94 bits per heavy atom. The number of ether oxygens (including phenoxy) is 2. The normalized spacial score (nSPS) is 10.7. The Bertz CT molecular complexity index is 493. The van der Waals surface area contributed by atoms with E-state index in [1.54, 1.807) is 14.2 Å². The van der Waals surface area contributed by atoms with Crippen LogP contribution < -0.4 is 9.47 Å². The van der Waals surface area contributed by atoms with E-state index in [4.69, 9.17) is 14.6 Å². The van der Waals surface area contributed by atoms with Gasteiger partial charge in [-0.2, -0.15) is 5.10 Å². The van der Waals surface area contributed by atoms with Gasteiger partial charge in [0.1, 0.15) is 0 Å². The van der Waals surface area contributed by atoms with Crippen LogP contribution in [0.2, 0.25) is 0 Å². The number of hydrogen-bond acceptors (Lipinski definition) is 4. The molecule has 0 saturated heterocycles. The van der Waals surface area contributed by atoms with Gasteiger partial charge < -0.3 is 14.6 Å². The molecule has 0 saturated carbocycles. The van der Waals surface area contributed by atoms with Gasteiger partial charge >= 0.3 is 0 Å². The maximum absolute atomic E-state index is 8.92. The van der Waals surface area contributed by atoms with E-state index in [1.807, 2.05) is 12.1 Å². The van der Waals surface area contributed by atoms with Gasteiger partial charge in [0.2, 0.25) is 0 Å². The Hall–Kier alpha value is -1.75. The lowest BCUT2D eigenvalue weighted by Gasteiger charge is -2.07. The van der Waals surface area contributed by atoms with E-state index < -0.39 is 0 Å². The molecule has 0 atom stereocenters. The van der Waals surface area contributed by atoms with Gasteiger partial charge in [-0.1, -0.05) is 0 Å². The number of aliphatic hydroxyl groups excluding tert-OH is 1. The summed E-state index contributed by atoms with van der Waals surface area (Å²) in [4.78, 5) is 0. The number of benzene rings is 1. The number of rotatable bonds is 4. The first-order chi connectivity index (χ1) is 7.80. The number of hydrogen-bond donors (Lipinski definition) is 2. The van der Waals surface area contributed by atoms with Crippen LogP contribution in [0.3, 0.4) is 0 Å². The summed E-state index contributed by atoms with van der Waals surface area (Å²) in [7, 11) is 3.18. The molecule has 1 aromatic heterocycles. The number of aromatic amines is 1. The van der Waals surface area contributed by atoms with Crippen molar-refractivity contribution in [3.05, 3.63) is 17.8 Å². The number of H-pyrrole nitrogens is 1. The average Bonchev–Trinajstić information content (AvgIpc) is 2.70. The molecule has 0 aliphatic heterocycles. The maximum Gasteiger partial charge on any atom is 0.162 e. The van der Waals surface area contributed by atoms with Crippen LogP contribution in [0.5, 0.6) is 11.5 Å². The summed E-state index contributed by atoms with van der Waals surface area (Å²) in [5.41, 5.74) is 1.71. The Morgan fingerprint density at radius 1 is 1.25 bits per heavy atom. The molecular formula is C11H14N2O3. The Kier molecular flexibility index (Phi) is 2.96. The van der Waals surface area contributed by atoms with E-state index >= 15 is 0 Å². The highest BCUT2D eigenvalue weighted by molar-refractivity contribution is 5.85. The molecule has 0 unspecified atom stereocenters. The third-order valence-corrected chi connectivity index (χ3v) is 2.50. The Balaban J connectivity index is 2.57. The number of nitrogens with zero attached hydrogens (tertiary/aromatic N) is 1. The van der Waals surface area contributed by atoms with Crippen molar-refractivity contribution in [3.8, 4) is 11.5 Å². The van der Waals surface area contributed by atoms with Crippen LogP contribution in [0.15, 0.2) is 12.1 Å². The van der Waals surface area contributed by atoms with Crippen LogP contribution in [-0.4, -0.2) is 36.1 Å². The molecule has 86 valence electrons. The van der Waals surface area contributed by atoms with Crippen molar-refractivity contribution in [2.75, 3.05) is 20.8 Å². The molecule has 0 fully saturated rings. The molecular weight excluding hydrogens is 208 g/mol. The Labute approximate surface area is 93.0 Å². The van der Waals surface area contributed by atoms with Gasteiger partial charge in [-0.15, -0.1) is 0 Å². The fourth-order valence-corrected chi connectivity index (χ4v) is 1.69. The summed E-state index contributed by atoms with van der Waals surface area (Å²) in [6, 6.07) is 3.67. The molecule has 0 radical (unpaired) electrons. The van der Waals surface area contributed by atoms with Crippen LogP contribution in [-0.2, 0) is 6.42 Å². The second-order valence-corrected chi connectivity index (χ2v) is 3.40. The highest BCUT2D eigenvalue weighted by Crippen LogP contribution is 2.32. The lowest BCUT2D eigenvalue weighted by molar-refractivity contribution is 0.298. The van der Waals surface area contributed by atoms with E-state index in [1.165, 1.54) is 0 Å². The first kappa shape index (κ1) is 10.8. The Morgan fingerprint density at radius 3 is 2.56 bits per heavy atom. The third kappa shape index (κ3) is 1.69. The summed E-state index contributed by atoms with van der Waals surface area (Å²) >= 11 is 0. The van der Waals surface area contributed by atoms with E-state index in [2.05, 4.69) is 10.2 Å². The number of nitrogens with one attached hydrogen (secondary N) is 1. The quantitative estimate of drug-likeness (QED) is 0.813.